The van der Waals surface area contributed by atoms with Crippen LogP contribution in [0.4, 0.5) is 5.69 Å². The molecule has 0 fully saturated rings. The Morgan fingerprint density at radius 3 is 2.28 bits per heavy atom. The van der Waals surface area contributed by atoms with Gasteiger partial charge in [-0.3, -0.25) is 9.59 Å². The Morgan fingerprint density at radius 1 is 0.966 bits per heavy atom. The van der Waals surface area contributed by atoms with Crippen LogP contribution in [0.5, 0.6) is 0 Å². The zero-order valence-corrected chi connectivity index (χ0v) is 17.6. The fourth-order valence-corrected chi connectivity index (χ4v) is 3.22. The number of nitrogens with one attached hydrogen (secondary N) is 2. The molecule has 2 amide bonds. The lowest BCUT2D eigenvalue weighted by atomic mass is 10.0. The van der Waals surface area contributed by atoms with Crippen molar-refractivity contribution in [3.05, 3.63) is 60.2 Å². The Labute approximate surface area is 175 Å². The summed E-state index contributed by atoms with van der Waals surface area (Å²) in [5.74, 6) is -1.51. The highest BCUT2D eigenvalue weighted by Crippen LogP contribution is 2.24. The first-order valence-electron chi connectivity index (χ1n) is 9.33. The van der Waals surface area contributed by atoms with Crippen molar-refractivity contribution >= 4 is 35.2 Å². The lowest BCUT2D eigenvalue weighted by Gasteiger charge is -2.21. The third-order valence-corrected chi connectivity index (χ3v) is 4.97. The molecule has 0 aliphatic rings. The Kier molecular flexibility index (Phi) is 8.73. The van der Waals surface area contributed by atoms with Crippen molar-refractivity contribution in [1.82, 2.24) is 5.32 Å². The summed E-state index contributed by atoms with van der Waals surface area (Å²) < 4.78 is 5.15. The summed E-state index contributed by atoms with van der Waals surface area (Å²) in [6.07, 6.45) is 2.08. The molecule has 154 valence electrons. The second-order valence-corrected chi connectivity index (χ2v) is 7.66. The summed E-state index contributed by atoms with van der Waals surface area (Å²) in [6, 6.07) is 15.8. The fraction of sp³-hybridized carbons (Fsp3) is 0.318. The number of para-hydroxylation sites is 1. The SMILES string of the molecule is CSc1ccccc1NC(=O)COC(=O)[C@@H](NC(=O)Cc1ccccc1)C(C)C. The normalized spacial score (nSPS) is 11.6. The Balaban J connectivity index is 1.88. The molecule has 0 aliphatic heterocycles. The first-order chi connectivity index (χ1) is 13.9. The molecule has 0 aromatic heterocycles. The predicted molar refractivity (Wildman–Crippen MR) is 115 cm³/mol. The molecule has 29 heavy (non-hydrogen) atoms. The number of carbonyl (C=O) groups is 3. The first kappa shape index (κ1) is 22.5. The van der Waals surface area contributed by atoms with Gasteiger partial charge in [0.15, 0.2) is 6.61 Å². The maximum absolute atomic E-state index is 12.4. The average molecular weight is 415 g/mol. The van der Waals surface area contributed by atoms with Crippen LogP contribution in [0.2, 0.25) is 0 Å². The summed E-state index contributed by atoms with van der Waals surface area (Å²) in [5.41, 5.74) is 1.52. The number of hydrogen-bond donors (Lipinski definition) is 2. The van der Waals surface area contributed by atoms with Gasteiger partial charge in [-0.15, -0.1) is 11.8 Å². The van der Waals surface area contributed by atoms with E-state index in [0.717, 1.165) is 10.5 Å². The molecule has 0 spiro atoms. The zero-order valence-electron chi connectivity index (χ0n) is 16.8. The van der Waals surface area contributed by atoms with E-state index in [1.54, 1.807) is 6.07 Å². The highest BCUT2D eigenvalue weighted by molar-refractivity contribution is 7.98. The van der Waals surface area contributed by atoms with Crippen molar-refractivity contribution in [2.75, 3.05) is 18.2 Å². The molecule has 6 nitrogen and oxygen atoms in total. The maximum Gasteiger partial charge on any atom is 0.329 e. The van der Waals surface area contributed by atoms with Gasteiger partial charge in [0, 0.05) is 4.90 Å². The number of hydrogen-bond acceptors (Lipinski definition) is 5. The van der Waals surface area contributed by atoms with Crippen LogP contribution >= 0.6 is 11.8 Å². The molecule has 2 N–H and O–H groups in total. The van der Waals surface area contributed by atoms with E-state index in [4.69, 9.17) is 4.74 Å². The van der Waals surface area contributed by atoms with Crippen LogP contribution in [0.1, 0.15) is 19.4 Å². The van der Waals surface area contributed by atoms with Gasteiger partial charge in [0.1, 0.15) is 6.04 Å². The largest absolute Gasteiger partial charge is 0.454 e. The van der Waals surface area contributed by atoms with Crippen molar-refractivity contribution in [3.8, 4) is 0 Å². The smallest absolute Gasteiger partial charge is 0.329 e. The number of carbonyl (C=O) groups excluding carboxylic acids is 3. The number of amides is 2. The van der Waals surface area contributed by atoms with Gasteiger partial charge in [-0.25, -0.2) is 4.79 Å². The molecule has 0 aliphatic carbocycles. The van der Waals surface area contributed by atoms with Gasteiger partial charge in [-0.05, 0) is 29.9 Å². The summed E-state index contributed by atoms with van der Waals surface area (Å²) in [4.78, 5) is 37.8. The second-order valence-electron chi connectivity index (χ2n) is 6.81. The lowest BCUT2D eigenvalue weighted by Crippen LogP contribution is -2.46. The Morgan fingerprint density at radius 2 is 1.62 bits per heavy atom. The van der Waals surface area contributed by atoms with E-state index in [9.17, 15) is 14.4 Å². The highest BCUT2D eigenvalue weighted by atomic mass is 32.2. The van der Waals surface area contributed by atoms with Crippen molar-refractivity contribution in [1.29, 1.82) is 0 Å². The third-order valence-electron chi connectivity index (χ3n) is 4.17. The number of esters is 1. The van der Waals surface area contributed by atoms with Gasteiger partial charge in [0.05, 0.1) is 12.1 Å². The number of rotatable bonds is 9. The molecule has 7 heteroatoms. The molecule has 2 aromatic rings. The van der Waals surface area contributed by atoms with Crippen LogP contribution in [0.15, 0.2) is 59.5 Å². The van der Waals surface area contributed by atoms with Crippen molar-refractivity contribution in [3.63, 3.8) is 0 Å². The van der Waals surface area contributed by atoms with E-state index in [2.05, 4.69) is 10.6 Å². The number of thioether (sulfide) groups is 1. The molecular weight excluding hydrogens is 388 g/mol. The van der Waals surface area contributed by atoms with Gasteiger partial charge in [-0.2, -0.15) is 0 Å². The summed E-state index contributed by atoms with van der Waals surface area (Å²) in [7, 11) is 0. The van der Waals surface area contributed by atoms with Gasteiger partial charge >= 0.3 is 5.97 Å². The van der Waals surface area contributed by atoms with Crippen molar-refractivity contribution in [2.45, 2.75) is 31.2 Å². The molecule has 1 atom stereocenters. The molecule has 2 aromatic carbocycles. The van der Waals surface area contributed by atoms with Crippen LogP contribution in [0, 0.1) is 5.92 Å². The van der Waals surface area contributed by atoms with Gasteiger partial charge in [-0.1, -0.05) is 56.3 Å². The Bertz CT molecular complexity index is 840. The minimum atomic E-state index is -0.822. The standard InChI is InChI=1S/C22H26N2O4S/c1-15(2)21(24-19(25)13-16-9-5-4-6-10-16)22(27)28-14-20(26)23-17-11-7-8-12-18(17)29-3/h4-12,15,21H,13-14H2,1-3H3,(H,23,26)(H,24,25)/t21-/m0/s1. The van der Waals surface area contributed by atoms with Gasteiger partial charge in [0.25, 0.3) is 5.91 Å². The lowest BCUT2D eigenvalue weighted by molar-refractivity contribution is -0.151. The van der Waals surface area contributed by atoms with Crippen LogP contribution in [-0.2, 0) is 25.5 Å². The monoisotopic (exact) mass is 414 g/mol. The number of benzene rings is 2. The highest BCUT2D eigenvalue weighted by Gasteiger charge is 2.26. The minimum Gasteiger partial charge on any atom is -0.454 e. The summed E-state index contributed by atoms with van der Waals surface area (Å²) in [6.45, 7) is 3.20. The van der Waals surface area contributed by atoms with Crippen LogP contribution in [0.25, 0.3) is 0 Å². The van der Waals surface area contributed by atoms with Crippen molar-refractivity contribution < 1.29 is 19.1 Å². The average Bonchev–Trinajstić information content (AvgIpc) is 2.71. The summed E-state index contributed by atoms with van der Waals surface area (Å²) >= 11 is 1.51. The number of anilines is 1. The van der Waals surface area contributed by atoms with E-state index < -0.39 is 24.5 Å². The predicted octanol–water partition coefficient (Wildman–Crippen LogP) is 3.27. The molecule has 0 bridgehead atoms. The van der Waals surface area contributed by atoms with E-state index in [0.29, 0.717) is 5.69 Å². The van der Waals surface area contributed by atoms with Crippen LogP contribution < -0.4 is 10.6 Å². The molecule has 0 unspecified atom stereocenters. The van der Waals surface area contributed by atoms with E-state index in [1.807, 2.05) is 68.6 Å². The van der Waals surface area contributed by atoms with Gasteiger partial charge < -0.3 is 15.4 Å². The van der Waals surface area contributed by atoms with E-state index in [-0.39, 0.29) is 18.2 Å². The molecule has 0 saturated carbocycles. The van der Waals surface area contributed by atoms with E-state index in [1.165, 1.54) is 11.8 Å². The van der Waals surface area contributed by atoms with Crippen LogP contribution in [0.3, 0.4) is 0 Å². The molecule has 2 rings (SSSR count). The molecular formula is C22H26N2O4S. The molecule has 0 heterocycles. The van der Waals surface area contributed by atoms with Gasteiger partial charge in [0.2, 0.25) is 5.91 Å². The second kappa shape index (κ2) is 11.3. The quantitative estimate of drug-likeness (QED) is 0.486. The van der Waals surface area contributed by atoms with E-state index >= 15 is 0 Å². The fourth-order valence-electron chi connectivity index (χ4n) is 2.66. The first-order valence-corrected chi connectivity index (χ1v) is 10.6. The number of ether oxygens (including phenoxy) is 1. The maximum atomic E-state index is 12.4. The molecule has 0 saturated heterocycles. The Hall–Kier alpha value is -2.80. The zero-order chi connectivity index (χ0) is 21.2. The third kappa shape index (κ3) is 7.27. The van der Waals surface area contributed by atoms with Crippen molar-refractivity contribution in [2.24, 2.45) is 5.92 Å². The minimum absolute atomic E-state index is 0.170. The molecule has 0 radical (unpaired) electrons. The van der Waals surface area contributed by atoms with Crippen LogP contribution in [-0.4, -0.2) is 36.7 Å². The summed E-state index contributed by atoms with van der Waals surface area (Å²) in [5, 5.41) is 5.44. The topological polar surface area (TPSA) is 84.5 Å².